The molecule has 2 aromatic heterocycles. The molecule has 0 saturated carbocycles. The molecule has 2 atom stereocenters. The van der Waals surface area contributed by atoms with Crippen LogP contribution in [0.5, 0.6) is 0 Å². The first kappa shape index (κ1) is 12.9. The Morgan fingerprint density at radius 2 is 2.45 bits per heavy atom. The summed E-state index contributed by atoms with van der Waals surface area (Å²) in [5.74, 6) is 0.255. The van der Waals surface area contributed by atoms with Crippen LogP contribution >= 0.6 is 0 Å². The van der Waals surface area contributed by atoms with E-state index < -0.39 is 0 Å². The van der Waals surface area contributed by atoms with Gasteiger partial charge in [-0.2, -0.15) is 10.2 Å². The Morgan fingerprint density at radius 3 is 3.10 bits per heavy atom. The van der Waals surface area contributed by atoms with E-state index in [-0.39, 0.29) is 17.9 Å². The molecule has 0 aliphatic carbocycles. The molecule has 0 unspecified atom stereocenters. The number of nitrogens with zero attached hydrogens (tertiary/aromatic N) is 3. The van der Waals surface area contributed by atoms with Crippen molar-refractivity contribution in [3.63, 3.8) is 0 Å². The number of aromatic amines is 1. The summed E-state index contributed by atoms with van der Waals surface area (Å²) in [6.07, 6.45) is 2.16. The lowest BCUT2D eigenvalue weighted by molar-refractivity contribution is -0.121. The van der Waals surface area contributed by atoms with Gasteiger partial charge >= 0.3 is 0 Å². The van der Waals surface area contributed by atoms with E-state index in [4.69, 9.17) is 4.74 Å². The Bertz CT molecular complexity index is 618. The standard InChI is InChI=1S/C13H17N5O2/c1-8-7-11(17-16-8)15-13(19)9-4-6-20-12(9)10-3-5-14-18(10)2/h3,5,7,9,12H,4,6H2,1-2H3,(H2,15,16,17,19)/t9-,12-/m1/s1. The molecule has 2 N–H and O–H groups in total. The van der Waals surface area contributed by atoms with Crippen molar-refractivity contribution in [3.05, 3.63) is 29.7 Å². The highest BCUT2D eigenvalue weighted by atomic mass is 16.5. The highest BCUT2D eigenvalue weighted by molar-refractivity contribution is 5.92. The number of hydrogen-bond acceptors (Lipinski definition) is 4. The number of carbonyl (C=O) groups excluding carboxylic acids is 1. The van der Waals surface area contributed by atoms with Gasteiger partial charge in [-0.15, -0.1) is 0 Å². The fourth-order valence-electron chi connectivity index (χ4n) is 2.51. The molecule has 2 aromatic rings. The fraction of sp³-hybridized carbons (Fsp3) is 0.462. The molecule has 0 aromatic carbocycles. The summed E-state index contributed by atoms with van der Waals surface area (Å²) < 4.78 is 7.45. The van der Waals surface area contributed by atoms with E-state index in [9.17, 15) is 4.79 Å². The van der Waals surface area contributed by atoms with Crippen LogP contribution in [-0.4, -0.2) is 32.5 Å². The molecule has 7 nitrogen and oxygen atoms in total. The van der Waals surface area contributed by atoms with E-state index in [0.29, 0.717) is 18.8 Å². The van der Waals surface area contributed by atoms with Crippen molar-refractivity contribution >= 4 is 11.7 Å². The summed E-state index contributed by atoms with van der Waals surface area (Å²) in [4.78, 5) is 12.4. The van der Waals surface area contributed by atoms with Crippen molar-refractivity contribution < 1.29 is 9.53 Å². The third-order valence-corrected chi connectivity index (χ3v) is 3.54. The fourth-order valence-corrected chi connectivity index (χ4v) is 2.51. The van der Waals surface area contributed by atoms with Gasteiger partial charge in [0.2, 0.25) is 5.91 Å². The van der Waals surface area contributed by atoms with Gasteiger partial charge in [-0.3, -0.25) is 14.6 Å². The average Bonchev–Trinajstić information content (AvgIpc) is 3.10. The predicted molar refractivity (Wildman–Crippen MR) is 72.0 cm³/mol. The number of hydrogen-bond donors (Lipinski definition) is 2. The third-order valence-electron chi connectivity index (χ3n) is 3.54. The Kier molecular flexibility index (Phi) is 3.27. The molecule has 106 valence electrons. The van der Waals surface area contributed by atoms with E-state index in [1.54, 1.807) is 16.9 Å². The lowest BCUT2D eigenvalue weighted by atomic mass is 9.98. The van der Waals surface area contributed by atoms with Gasteiger partial charge in [0.15, 0.2) is 5.82 Å². The summed E-state index contributed by atoms with van der Waals surface area (Å²) in [6, 6.07) is 3.68. The molecule has 20 heavy (non-hydrogen) atoms. The van der Waals surface area contributed by atoms with E-state index in [0.717, 1.165) is 11.4 Å². The van der Waals surface area contributed by atoms with Crippen molar-refractivity contribution in [2.75, 3.05) is 11.9 Å². The molecule has 1 fully saturated rings. The molecule has 3 rings (SSSR count). The van der Waals surface area contributed by atoms with Crippen LogP contribution in [0.25, 0.3) is 0 Å². The zero-order valence-corrected chi connectivity index (χ0v) is 11.5. The number of amides is 1. The second-order valence-electron chi connectivity index (χ2n) is 4.99. The van der Waals surface area contributed by atoms with Crippen LogP contribution in [0.2, 0.25) is 0 Å². The topological polar surface area (TPSA) is 84.8 Å². The number of aryl methyl sites for hydroxylation is 2. The molecule has 0 spiro atoms. The summed E-state index contributed by atoms with van der Waals surface area (Å²) in [5, 5.41) is 13.8. The summed E-state index contributed by atoms with van der Waals surface area (Å²) in [6.45, 7) is 2.47. The number of carbonyl (C=O) groups is 1. The van der Waals surface area contributed by atoms with Gasteiger partial charge < -0.3 is 10.1 Å². The van der Waals surface area contributed by atoms with Crippen molar-refractivity contribution in [2.45, 2.75) is 19.4 Å². The number of aromatic nitrogens is 4. The van der Waals surface area contributed by atoms with Crippen LogP contribution in [0.4, 0.5) is 5.82 Å². The minimum Gasteiger partial charge on any atom is -0.371 e. The van der Waals surface area contributed by atoms with Crippen LogP contribution in [0.3, 0.4) is 0 Å². The van der Waals surface area contributed by atoms with Gasteiger partial charge in [0.05, 0.1) is 11.6 Å². The maximum absolute atomic E-state index is 12.4. The Hall–Kier alpha value is -2.15. The maximum atomic E-state index is 12.4. The van der Waals surface area contributed by atoms with Crippen LogP contribution in [0.1, 0.15) is 23.9 Å². The Labute approximate surface area is 116 Å². The lowest BCUT2D eigenvalue weighted by Crippen LogP contribution is -2.26. The second kappa shape index (κ2) is 5.09. The second-order valence-corrected chi connectivity index (χ2v) is 4.99. The number of nitrogens with one attached hydrogen (secondary N) is 2. The van der Waals surface area contributed by atoms with E-state index in [2.05, 4.69) is 20.6 Å². The lowest BCUT2D eigenvalue weighted by Gasteiger charge is -2.17. The van der Waals surface area contributed by atoms with Crippen LogP contribution < -0.4 is 5.32 Å². The molecule has 3 heterocycles. The summed E-state index contributed by atoms with van der Waals surface area (Å²) in [7, 11) is 1.85. The van der Waals surface area contributed by atoms with Crippen molar-refractivity contribution in [1.29, 1.82) is 0 Å². The largest absolute Gasteiger partial charge is 0.371 e. The smallest absolute Gasteiger partial charge is 0.231 e. The zero-order chi connectivity index (χ0) is 14.1. The first-order chi connectivity index (χ1) is 9.65. The minimum absolute atomic E-state index is 0.0693. The maximum Gasteiger partial charge on any atom is 0.231 e. The van der Waals surface area contributed by atoms with E-state index >= 15 is 0 Å². The first-order valence-electron chi connectivity index (χ1n) is 6.57. The number of ether oxygens (including phenoxy) is 1. The molecular formula is C13H17N5O2. The predicted octanol–water partition coefficient (Wildman–Crippen LogP) is 1.17. The van der Waals surface area contributed by atoms with Crippen LogP contribution in [0, 0.1) is 12.8 Å². The quantitative estimate of drug-likeness (QED) is 0.880. The number of anilines is 1. The first-order valence-corrected chi connectivity index (χ1v) is 6.57. The van der Waals surface area contributed by atoms with Crippen LogP contribution in [-0.2, 0) is 16.6 Å². The van der Waals surface area contributed by atoms with Crippen LogP contribution in [0.15, 0.2) is 18.3 Å². The molecular weight excluding hydrogens is 258 g/mol. The molecule has 1 amide bonds. The normalized spacial score (nSPS) is 22.1. The number of rotatable bonds is 3. The van der Waals surface area contributed by atoms with Crippen molar-refractivity contribution in [2.24, 2.45) is 13.0 Å². The zero-order valence-electron chi connectivity index (χ0n) is 11.5. The molecule has 1 aliphatic rings. The highest BCUT2D eigenvalue weighted by Gasteiger charge is 2.37. The van der Waals surface area contributed by atoms with Gasteiger partial charge in [-0.25, -0.2) is 0 Å². The summed E-state index contributed by atoms with van der Waals surface area (Å²) >= 11 is 0. The third kappa shape index (κ3) is 2.32. The molecule has 0 bridgehead atoms. The van der Waals surface area contributed by atoms with Crippen molar-refractivity contribution in [3.8, 4) is 0 Å². The molecule has 1 saturated heterocycles. The van der Waals surface area contributed by atoms with Gasteiger partial charge in [-0.05, 0) is 19.4 Å². The Morgan fingerprint density at radius 1 is 1.60 bits per heavy atom. The van der Waals surface area contributed by atoms with Gasteiger partial charge in [0.1, 0.15) is 6.10 Å². The average molecular weight is 275 g/mol. The molecule has 0 radical (unpaired) electrons. The Balaban J connectivity index is 1.75. The monoisotopic (exact) mass is 275 g/mol. The van der Waals surface area contributed by atoms with E-state index in [1.165, 1.54) is 0 Å². The molecule has 1 aliphatic heterocycles. The van der Waals surface area contributed by atoms with Gasteiger partial charge in [0.25, 0.3) is 0 Å². The summed E-state index contributed by atoms with van der Waals surface area (Å²) in [5.41, 5.74) is 1.83. The SMILES string of the molecule is Cc1cc(NC(=O)[C@@H]2CCO[C@H]2c2ccnn2C)n[nH]1. The van der Waals surface area contributed by atoms with E-state index in [1.807, 2.05) is 20.0 Å². The number of H-pyrrole nitrogens is 1. The van der Waals surface area contributed by atoms with Gasteiger partial charge in [-0.1, -0.05) is 0 Å². The van der Waals surface area contributed by atoms with Gasteiger partial charge in [0, 0.05) is 31.6 Å². The molecule has 7 heteroatoms. The highest BCUT2D eigenvalue weighted by Crippen LogP contribution is 2.34. The van der Waals surface area contributed by atoms with Crippen molar-refractivity contribution in [1.82, 2.24) is 20.0 Å². The minimum atomic E-state index is -0.248.